The number of carbonyl (C=O) groups is 2. The number of likely N-dealkylation sites (tertiary alicyclic amines) is 1. The molecular weight excluding hydrogens is 586 g/mol. The number of halogens is 1. The maximum Gasteiger partial charge on any atom is 0.248 e. The lowest BCUT2D eigenvalue weighted by Gasteiger charge is -2.27. The summed E-state index contributed by atoms with van der Waals surface area (Å²) in [6.07, 6.45) is 4.18. The molecule has 11 heteroatoms. The molecule has 4 heterocycles. The maximum absolute atomic E-state index is 13.9. The first-order valence-corrected chi connectivity index (χ1v) is 14.5. The largest absolute Gasteiger partial charge is 0.387 e. The zero-order valence-electron chi connectivity index (χ0n) is 23.6. The molecule has 0 radical (unpaired) electrons. The number of aliphatic hydroxyl groups excluding tert-OH is 1. The average Bonchev–Trinajstić information content (AvgIpc) is 3.27. The number of hydrogen-bond donors (Lipinski definition) is 2. The fraction of sp³-hybridized carbons (Fsp3) is 0.400. The molecule has 1 aliphatic carbocycles. The van der Waals surface area contributed by atoms with Crippen LogP contribution in [0.2, 0.25) is 0 Å². The van der Waals surface area contributed by atoms with Gasteiger partial charge in [0.25, 0.3) is 0 Å². The van der Waals surface area contributed by atoms with E-state index in [0.29, 0.717) is 28.4 Å². The number of carbonyl (C=O) groups excluding carboxylic acids is 2. The second-order valence-corrected chi connectivity index (χ2v) is 12.4. The Hall–Kier alpha value is -3.70. The van der Waals surface area contributed by atoms with E-state index >= 15 is 0 Å². The minimum atomic E-state index is -0.837. The summed E-state index contributed by atoms with van der Waals surface area (Å²) in [7, 11) is 0. The molecule has 6 rings (SSSR count). The summed E-state index contributed by atoms with van der Waals surface area (Å²) in [6, 6.07) is 7.09. The second kappa shape index (κ2) is 9.99. The van der Waals surface area contributed by atoms with E-state index in [1.807, 2.05) is 45.0 Å². The minimum Gasteiger partial charge on any atom is -0.387 e. The average molecular weight is 619 g/mol. The Morgan fingerprint density at radius 1 is 1.12 bits per heavy atom. The van der Waals surface area contributed by atoms with Gasteiger partial charge in [0.1, 0.15) is 28.8 Å². The van der Waals surface area contributed by atoms with Crippen molar-refractivity contribution in [2.24, 2.45) is 5.41 Å². The number of benzene rings is 1. The Labute approximate surface area is 246 Å². The van der Waals surface area contributed by atoms with Crippen LogP contribution in [0.15, 0.2) is 41.3 Å². The van der Waals surface area contributed by atoms with Crippen molar-refractivity contribution in [2.75, 3.05) is 5.32 Å². The Morgan fingerprint density at radius 3 is 2.56 bits per heavy atom. The second-order valence-electron chi connectivity index (χ2n) is 11.6. The van der Waals surface area contributed by atoms with Gasteiger partial charge in [0.2, 0.25) is 11.8 Å². The summed E-state index contributed by atoms with van der Waals surface area (Å²) < 4.78 is 2.29. The number of anilines is 1. The topological polar surface area (TPSA) is 126 Å². The minimum absolute atomic E-state index is 0.00890. The van der Waals surface area contributed by atoms with Crippen LogP contribution in [0.3, 0.4) is 0 Å². The Balaban J connectivity index is 1.31. The molecule has 0 bridgehead atoms. The zero-order chi connectivity index (χ0) is 29.2. The molecule has 1 aliphatic heterocycles. The van der Waals surface area contributed by atoms with Gasteiger partial charge in [0, 0.05) is 29.4 Å². The van der Waals surface area contributed by atoms with Crippen LogP contribution in [0, 0.1) is 26.2 Å². The number of aryl methyl sites for hydroxylation is 3. The van der Waals surface area contributed by atoms with Crippen LogP contribution >= 0.6 is 15.9 Å². The van der Waals surface area contributed by atoms with Gasteiger partial charge >= 0.3 is 0 Å². The molecule has 1 saturated heterocycles. The lowest BCUT2D eigenvalue weighted by Crippen LogP contribution is -2.47. The van der Waals surface area contributed by atoms with Crippen LogP contribution in [-0.4, -0.2) is 58.6 Å². The summed E-state index contributed by atoms with van der Waals surface area (Å²) >= 11 is 3.36. The maximum atomic E-state index is 13.9. The van der Waals surface area contributed by atoms with Crippen molar-refractivity contribution in [3.63, 3.8) is 0 Å². The lowest BCUT2D eigenvalue weighted by atomic mass is 10.0. The van der Waals surface area contributed by atoms with Crippen LogP contribution in [0.4, 0.5) is 5.82 Å². The van der Waals surface area contributed by atoms with Crippen LogP contribution in [0.25, 0.3) is 22.0 Å². The van der Waals surface area contributed by atoms with Gasteiger partial charge < -0.3 is 15.3 Å². The number of fused-ring (bicyclic) bond motifs is 2. The molecule has 4 aromatic rings. The van der Waals surface area contributed by atoms with Crippen molar-refractivity contribution in [2.45, 2.75) is 72.2 Å². The van der Waals surface area contributed by atoms with Gasteiger partial charge in [-0.2, -0.15) is 5.10 Å². The summed E-state index contributed by atoms with van der Waals surface area (Å²) in [4.78, 5) is 42.2. The monoisotopic (exact) mass is 617 g/mol. The molecular formula is C30H32BrN7O3. The molecule has 0 spiro atoms. The van der Waals surface area contributed by atoms with E-state index in [0.717, 1.165) is 39.6 Å². The zero-order valence-corrected chi connectivity index (χ0v) is 25.2. The summed E-state index contributed by atoms with van der Waals surface area (Å²) in [5.41, 5.74) is 4.71. The van der Waals surface area contributed by atoms with Gasteiger partial charge in [0.05, 0.1) is 17.3 Å². The standard InChI is InChI=1S/C30H32BrN7O3/c1-15-6-7-24(31)34-28(15)35-29(41)22-10-30(5)11-23(30)38(22)25(40)14-37-27-16(2)8-19(20-12-32-18(4)33-13-20)9-21(27)26(36-37)17(3)39/h6-9,12-13,17,22-23,39H,10-11,14H2,1-5H3,(H,34,35,41)/t17?,22-,23+,30-/m0/s1. The highest BCUT2D eigenvalue weighted by Gasteiger charge is 2.64. The number of nitrogens with one attached hydrogen (secondary N) is 1. The van der Waals surface area contributed by atoms with Crippen molar-refractivity contribution in [3.05, 3.63) is 63.9 Å². The molecule has 1 aromatic carbocycles. The third-order valence-electron chi connectivity index (χ3n) is 8.39. The van der Waals surface area contributed by atoms with E-state index < -0.39 is 12.1 Å². The van der Waals surface area contributed by atoms with Crippen molar-refractivity contribution in [1.29, 1.82) is 0 Å². The third kappa shape index (κ3) is 4.91. The SMILES string of the molecule is Cc1ncc(-c2cc(C)c3c(c2)c(C(C)O)nn3CC(=O)N2[C@H](C(=O)Nc3nc(Br)ccc3C)C[C@@]3(C)C[C@@H]23)cn1. The van der Waals surface area contributed by atoms with Crippen LogP contribution in [0.1, 0.15) is 55.4 Å². The van der Waals surface area contributed by atoms with E-state index in [1.165, 1.54) is 0 Å². The van der Waals surface area contributed by atoms with Gasteiger partial charge in [0.15, 0.2) is 0 Å². The quantitative estimate of drug-likeness (QED) is 0.302. The Morgan fingerprint density at radius 2 is 1.85 bits per heavy atom. The van der Waals surface area contributed by atoms with E-state index in [1.54, 1.807) is 28.9 Å². The molecule has 3 aromatic heterocycles. The molecule has 1 saturated carbocycles. The first-order chi connectivity index (χ1) is 19.4. The highest BCUT2D eigenvalue weighted by atomic mass is 79.9. The third-order valence-corrected chi connectivity index (χ3v) is 8.83. The van der Waals surface area contributed by atoms with Gasteiger partial charge in [-0.25, -0.2) is 15.0 Å². The van der Waals surface area contributed by atoms with Gasteiger partial charge in [-0.05, 0) is 96.8 Å². The van der Waals surface area contributed by atoms with E-state index in [2.05, 4.69) is 43.1 Å². The van der Waals surface area contributed by atoms with Crippen molar-refractivity contribution in [1.82, 2.24) is 29.6 Å². The number of hydrogen-bond acceptors (Lipinski definition) is 7. The summed E-state index contributed by atoms with van der Waals surface area (Å²) in [5.74, 6) is 0.752. The molecule has 41 heavy (non-hydrogen) atoms. The molecule has 2 N–H and O–H groups in total. The summed E-state index contributed by atoms with van der Waals surface area (Å²) in [6.45, 7) is 9.44. The van der Waals surface area contributed by atoms with Gasteiger partial charge in [-0.1, -0.05) is 13.0 Å². The smallest absolute Gasteiger partial charge is 0.248 e. The van der Waals surface area contributed by atoms with Crippen molar-refractivity contribution in [3.8, 4) is 11.1 Å². The first-order valence-electron chi connectivity index (χ1n) is 13.7. The van der Waals surface area contributed by atoms with Crippen LogP contribution in [-0.2, 0) is 16.1 Å². The van der Waals surface area contributed by atoms with Crippen LogP contribution < -0.4 is 5.32 Å². The molecule has 4 atom stereocenters. The van der Waals surface area contributed by atoms with Crippen molar-refractivity contribution < 1.29 is 14.7 Å². The number of aromatic nitrogens is 5. The van der Waals surface area contributed by atoms with E-state index in [-0.39, 0.29) is 29.8 Å². The molecule has 10 nitrogen and oxygen atoms in total. The number of nitrogens with zero attached hydrogens (tertiary/aromatic N) is 6. The molecule has 2 aliphatic rings. The Bertz CT molecular complexity index is 1700. The normalized spacial score (nSPS) is 22.1. The van der Waals surface area contributed by atoms with Gasteiger partial charge in [-0.3, -0.25) is 14.3 Å². The molecule has 2 fully saturated rings. The number of pyridine rings is 1. The predicted molar refractivity (Wildman–Crippen MR) is 158 cm³/mol. The fourth-order valence-corrected chi connectivity index (χ4v) is 6.39. The first kappa shape index (κ1) is 27.5. The van der Waals surface area contributed by atoms with E-state index in [9.17, 15) is 14.7 Å². The number of piperidine rings is 1. The predicted octanol–water partition coefficient (Wildman–Crippen LogP) is 4.65. The molecule has 1 unspecified atom stereocenters. The van der Waals surface area contributed by atoms with Gasteiger partial charge in [-0.15, -0.1) is 0 Å². The number of amides is 2. The highest BCUT2D eigenvalue weighted by molar-refractivity contribution is 9.10. The molecule has 2 amide bonds. The Kier molecular flexibility index (Phi) is 6.69. The van der Waals surface area contributed by atoms with Crippen molar-refractivity contribution >= 4 is 44.5 Å². The summed E-state index contributed by atoms with van der Waals surface area (Å²) in [5, 5.41) is 19.0. The number of rotatable bonds is 6. The van der Waals surface area contributed by atoms with E-state index in [4.69, 9.17) is 5.10 Å². The lowest BCUT2D eigenvalue weighted by molar-refractivity contribution is -0.138. The highest BCUT2D eigenvalue weighted by Crippen LogP contribution is 2.59. The fourth-order valence-electron chi connectivity index (χ4n) is 6.08. The number of aliphatic hydroxyl groups is 1. The van der Waals surface area contributed by atoms with Crippen LogP contribution in [0.5, 0.6) is 0 Å². The molecule has 212 valence electrons.